The van der Waals surface area contributed by atoms with E-state index in [1.807, 2.05) is 27.7 Å². The lowest BCUT2D eigenvalue weighted by Crippen LogP contribution is -2.55. The molecule has 0 heterocycles. The van der Waals surface area contributed by atoms with Gasteiger partial charge in [-0.2, -0.15) is 26.3 Å². The van der Waals surface area contributed by atoms with Gasteiger partial charge in [-0.25, -0.2) is 0 Å². The van der Waals surface area contributed by atoms with Crippen LogP contribution in [0.15, 0.2) is 30.3 Å². The number of hydrogen-bond donors (Lipinski definition) is 1. The van der Waals surface area contributed by atoms with Gasteiger partial charge in [0, 0.05) is 5.56 Å². The van der Waals surface area contributed by atoms with Crippen LogP contribution in [0.3, 0.4) is 0 Å². The molecule has 38 heavy (non-hydrogen) atoms. The molecular formula is C31H42F6O. The zero-order chi connectivity index (χ0) is 29.3. The van der Waals surface area contributed by atoms with Crippen molar-refractivity contribution in [3.05, 3.63) is 63.7 Å². The first kappa shape index (κ1) is 32.0. The molecule has 0 saturated carbocycles. The van der Waals surface area contributed by atoms with Crippen LogP contribution in [0, 0.1) is 0 Å². The Kier molecular flexibility index (Phi) is 9.38. The SMILES string of the molecule is CCCc1cc(C(C)(C)CC)cc(C(c2cc(CCC)c(O)c(C(C)(C)CC)c2)(C(F)(F)F)C(F)(F)F)c1. The van der Waals surface area contributed by atoms with Crippen LogP contribution < -0.4 is 0 Å². The topological polar surface area (TPSA) is 20.2 Å². The molecule has 7 heteroatoms. The van der Waals surface area contributed by atoms with Crippen LogP contribution in [0.25, 0.3) is 0 Å². The minimum atomic E-state index is -5.70. The van der Waals surface area contributed by atoms with Gasteiger partial charge >= 0.3 is 12.4 Å². The summed E-state index contributed by atoms with van der Waals surface area (Å²) in [6, 6.07) is 5.78. The van der Waals surface area contributed by atoms with Crippen molar-refractivity contribution in [2.75, 3.05) is 0 Å². The standard InChI is InChI=1S/C31H42F6O/c1-9-13-20-15-22(27(5,6)11-3)18-23(16-20)29(30(32,33)34,31(35,36)37)24-17-21(14-10-2)26(38)25(19-24)28(7,8)12-4/h15-19,38H,9-14H2,1-8H3. The Morgan fingerprint density at radius 2 is 1.08 bits per heavy atom. The average molecular weight is 545 g/mol. The Hall–Kier alpha value is -2.18. The molecule has 0 unspecified atom stereocenters. The summed E-state index contributed by atoms with van der Waals surface area (Å²) in [5.74, 6) is -0.228. The van der Waals surface area contributed by atoms with Crippen molar-refractivity contribution in [2.45, 2.75) is 123 Å². The molecule has 0 spiro atoms. The molecule has 0 bridgehead atoms. The van der Waals surface area contributed by atoms with E-state index in [0.29, 0.717) is 43.2 Å². The first-order valence-corrected chi connectivity index (χ1v) is 13.5. The minimum absolute atomic E-state index is 0.0950. The largest absolute Gasteiger partial charge is 0.507 e. The van der Waals surface area contributed by atoms with Crippen molar-refractivity contribution < 1.29 is 31.4 Å². The third kappa shape index (κ3) is 5.72. The number of halogens is 6. The van der Waals surface area contributed by atoms with Crippen LogP contribution in [-0.4, -0.2) is 17.5 Å². The van der Waals surface area contributed by atoms with Crippen LogP contribution >= 0.6 is 0 Å². The molecule has 1 N–H and O–H groups in total. The highest BCUT2D eigenvalue weighted by Gasteiger charge is 2.72. The van der Waals surface area contributed by atoms with Crippen molar-refractivity contribution in [3.63, 3.8) is 0 Å². The second kappa shape index (κ2) is 11.1. The first-order chi connectivity index (χ1) is 17.3. The summed E-state index contributed by atoms with van der Waals surface area (Å²) in [5, 5.41) is 11.0. The number of aromatic hydroxyl groups is 1. The molecule has 2 aromatic rings. The zero-order valence-electron chi connectivity index (χ0n) is 23.8. The third-order valence-corrected chi connectivity index (χ3v) is 8.23. The van der Waals surface area contributed by atoms with Crippen LogP contribution in [0.4, 0.5) is 26.3 Å². The fraction of sp³-hybridized carbons (Fsp3) is 0.613. The molecule has 0 aromatic heterocycles. The maximum absolute atomic E-state index is 15.2. The van der Waals surface area contributed by atoms with Crippen LogP contribution in [0.2, 0.25) is 0 Å². The number of alkyl halides is 6. The molecule has 0 aliphatic carbocycles. The highest BCUT2D eigenvalue weighted by molar-refractivity contribution is 5.55. The van der Waals surface area contributed by atoms with Gasteiger partial charge in [0.15, 0.2) is 0 Å². The Bertz CT molecular complexity index is 1090. The summed E-state index contributed by atoms with van der Waals surface area (Å²) in [7, 11) is 0. The van der Waals surface area contributed by atoms with Crippen LogP contribution in [0.5, 0.6) is 5.75 Å². The Balaban J connectivity index is 3.22. The molecule has 1 nitrogen and oxygen atoms in total. The van der Waals surface area contributed by atoms with E-state index < -0.39 is 39.7 Å². The summed E-state index contributed by atoms with van der Waals surface area (Å²) < 4.78 is 91.3. The van der Waals surface area contributed by atoms with Gasteiger partial charge in [0.25, 0.3) is 0 Å². The van der Waals surface area contributed by atoms with Crippen molar-refractivity contribution >= 4 is 0 Å². The van der Waals surface area contributed by atoms with E-state index in [4.69, 9.17) is 0 Å². The van der Waals surface area contributed by atoms with E-state index in [-0.39, 0.29) is 23.3 Å². The van der Waals surface area contributed by atoms with Gasteiger partial charge in [0.05, 0.1) is 0 Å². The van der Waals surface area contributed by atoms with E-state index >= 15 is 26.3 Å². The van der Waals surface area contributed by atoms with Gasteiger partial charge in [-0.15, -0.1) is 0 Å². The molecule has 0 radical (unpaired) electrons. The molecule has 0 aliphatic rings. The van der Waals surface area contributed by atoms with E-state index in [0.717, 1.165) is 24.3 Å². The highest BCUT2D eigenvalue weighted by atomic mass is 19.4. The predicted octanol–water partition coefficient (Wildman–Crippen LogP) is 10.1. The first-order valence-electron chi connectivity index (χ1n) is 13.5. The number of benzene rings is 2. The lowest BCUT2D eigenvalue weighted by atomic mass is 9.68. The Morgan fingerprint density at radius 3 is 1.53 bits per heavy atom. The van der Waals surface area contributed by atoms with Gasteiger partial charge in [-0.3, -0.25) is 0 Å². The maximum Gasteiger partial charge on any atom is 0.411 e. The molecule has 0 aliphatic heterocycles. The van der Waals surface area contributed by atoms with E-state index in [1.165, 1.54) is 0 Å². The number of aryl methyl sites for hydroxylation is 2. The zero-order valence-corrected chi connectivity index (χ0v) is 23.8. The van der Waals surface area contributed by atoms with Gasteiger partial charge in [-0.1, -0.05) is 92.5 Å². The lowest BCUT2D eigenvalue weighted by molar-refractivity contribution is -0.288. The smallest absolute Gasteiger partial charge is 0.411 e. The van der Waals surface area contributed by atoms with Crippen LogP contribution in [0.1, 0.15) is 114 Å². The molecule has 2 rings (SSSR count). The Labute approximate surface area is 223 Å². The normalized spacial score (nSPS) is 13.7. The summed E-state index contributed by atoms with van der Waals surface area (Å²) in [5.41, 5.74) is -6.38. The van der Waals surface area contributed by atoms with Gasteiger partial charge in [-0.05, 0) is 70.4 Å². The van der Waals surface area contributed by atoms with Gasteiger partial charge < -0.3 is 5.11 Å². The Morgan fingerprint density at radius 1 is 0.605 bits per heavy atom. The van der Waals surface area contributed by atoms with E-state index in [2.05, 4.69) is 0 Å². The maximum atomic E-state index is 15.2. The van der Waals surface area contributed by atoms with Crippen molar-refractivity contribution in [3.8, 4) is 5.75 Å². The number of phenols is 1. The lowest BCUT2D eigenvalue weighted by Gasteiger charge is -2.40. The van der Waals surface area contributed by atoms with E-state index in [9.17, 15) is 5.11 Å². The second-order valence-electron chi connectivity index (χ2n) is 11.7. The summed E-state index contributed by atoms with van der Waals surface area (Å²) in [6.07, 6.45) is -8.89. The second-order valence-corrected chi connectivity index (χ2v) is 11.7. The van der Waals surface area contributed by atoms with Crippen molar-refractivity contribution in [1.29, 1.82) is 0 Å². The number of hydrogen-bond acceptors (Lipinski definition) is 1. The van der Waals surface area contributed by atoms with Crippen LogP contribution in [-0.2, 0) is 29.1 Å². The van der Waals surface area contributed by atoms with E-state index in [1.54, 1.807) is 33.8 Å². The molecule has 214 valence electrons. The average Bonchev–Trinajstić information content (AvgIpc) is 2.79. The monoisotopic (exact) mass is 544 g/mol. The van der Waals surface area contributed by atoms with Gasteiger partial charge in [0.1, 0.15) is 5.75 Å². The third-order valence-electron chi connectivity index (χ3n) is 8.23. The number of phenolic OH excluding ortho intramolecular Hbond substituents is 1. The molecule has 0 saturated heterocycles. The summed E-state index contributed by atoms with van der Waals surface area (Å²) >= 11 is 0. The molecule has 0 atom stereocenters. The van der Waals surface area contributed by atoms with Gasteiger partial charge in [0.2, 0.25) is 5.41 Å². The molecule has 2 aromatic carbocycles. The quantitative estimate of drug-likeness (QED) is 0.295. The predicted molar refractivity (Wildman–Crippen MR) is 142 cm³/mol. The highest BCUT2D eigenvalue weighted by Crippen LogP contribution is 2.58. The summed E-state index contributed by atoms with van der Waals surface area (Å²) in [4.78, 5) is 0. The molecule has 0 fully saturated rings. The van der Waals surface area contributed by atoms with Crippen molar-refractivity contribution in [1.82, 2.24) is 0 Å². The summed E-state index contributed by atoms with van der Waals surface area (Å²) in [6.45, 7) is 14.4. The van der Waals surface area contributed by atoms with Crippen molar-refractivity contribution in [2.24, 2.45) is 0 Å². The fourth-order valence-corrected chi connectivity index (χ4v) is 5.00. The minimum Gasteiger partial charge on any atom is -0.507 e. The fourth-order valence-electron chi connectivity index (χ4n) is 5.00. The number of rotatable bonds is 10. The molecular weight excluding hydrogens is 502 g/mol. The molecule has 0 amide bonds.